The fraction of sp³-hybridized carbons (Fsp3) is 0.636. The third-order valence-electron chi connectivity index (χ3n) is 6.13. The summed E-state index contributed by atoms with van der Waals surface area (Å²) in [5, 5.41) is 9.65. The molecule has 160 valence electrons. The van der Waals surface area contributed by atoms with Gasteiger partial charge in [0, 0.05) is 51.5 Å². The summed E-state index contributed by atoms with van der Waals surface area (Å²) >= 11 is 0. The number of nitrogens with one attached hydrogen (secondary N) is 3. The Morgan fingerprint density at radius 2 is 1.97 bits per heavy atom. The maximum absolute atomic E-state index is 11.8. The Labute approximate surface area is 174 Å². The Bertz CT molecular complexity index is 694. The highest BCUT2D eigenvalue weighted by Crippen LogP contribution is 2.30. The molecule has 7 heteroatoms. The number of benzene rings is 1. The van der Waals surface area contributed by atoms with E-state index in [4.69, 9.17) is 4.74 Å². The molecule has 3 rings (SSSR count). The van der Waals surface area contributed by atoms with Gasteiger partial charge in [-0.15, -0.1) is 0 Å². The standard InChI is InChI=1S/C22H35N5O2/c1-23-20(28)19-7-5-6-18(16-19)8-11-25-21(24-2)26-17-22(9-14-29-15-10-22)27-12-3-4-13-27/h5-7,16H,3-4,8-15,17H2,1-2H3,(H,23,28)(H2,24,25,26). The second-order valence-electron chi connectivity index (χ2n) is 7.91. The quantitative estimate of drug-likeness (QED) is 0.476. The molecule has 2 heterocycles. The Balaban J connectivity index is 1.51. The van der Waals surface area contributed by atoms with Crippen LogP contribution >= 0.6 is 0 Å². The summed E-state index contributed by atoms with van der Waals surface area (Å²) in [7, 11) is 3.47. The fourth-order valence-corrected chi connectivity index (χ4v) is 4.35. The van der Waals surface area contributed by atoms with Gasteiger partial charge in [0.25, 0.3) is 5.91 Å². The third-order valence-corrected chi connectivity index (χ3v) is 6.13. The molecule has 0 atom stereocenters. The Morgan fingerprint density at radius 3 is 2.66 bits per heavy atom. The number of hydrogen-bond donors (Lipinski definition) is 3. The van der Waals surface area contributed by atoms with Gasteiger partial charge in [0.05, 0.1) is 0 Å². The van der Waals surface area contributed by atoms with Crippen molar-refractivity contribution in [2.24, 2.45) is 4.99 Å². The topological polar surface area (TPSA) is 78.0 Å². The van der Waals surface area contributed by atoms with Crippen LogP contribution in [0.4, 0.5) is 0 Å². The zero-order chi connectivity index (χ0) is 20.5. The van der Waals surface area contributed by atoms with Crippen LogP contribution in [0.1, 0.15) is 41.6 Å². The van der Waals surface area contributed by atoms with Crippen LogP contribution in [0.2, 0.25) is 0 Å². The van der Waals surface area contributed by atoms with Gasteiger partial charge in [0.1, 0.15) is 0 Å². The number of ether oxygens (including phenoxy) is 1. The number of rotatable bonds is 7. The number of amides is 1. The largest absolute Gasteiger partial charge is 0.381 e. The molecule has 7 nitrogen and oxygen atoms in total. The Kier molecular flexibility index (Phi) is 7.89. The Morgan fingerprint density at radius 1 is 1.21 bits per heavy atom. The van der Waals surface area contributed by atoms with Crippen LogP contribution < -0.4 is 16.0 Å². The van der Waals surface area contributed by atoms with Gasteiger partial charge in [-0.25, -0.2) is 0 Å². The lowest BCUT2D eigenvalue weighted by Crippen LogP contribution is -2.58. The van der Waals surface area contributed by atoms with Crippen LogP contribution in [0.5, 0.6) is 0 Å². The summed E-state index contributed by atoms with van der Waals surface area (Å²) in [6.07, 6.45) is 5.57. The number of carbonyl (C=O) groups excluding carboxylic acids is 1. The first-order valence-electron chi connectivity index (χ1n) is 10.8. The molecule has 1 amide bonds. The van der Waals surface area contributed by atoms with Crippen molar-refractivity contribution in [2.75, 3.05) is 53.5 Å². The lowest BCUT2D eigenvalue weighted by Gasteiger charge is -2.45. The van der Waals surface area contributed by atoms with Crippen molar-refractivity contribution in [3.8, 4) is 0 Å². The monoisotopic (exact) mass is 401 g/mol. The first kappa shape index (κ1) is 21.6. The molecule has 0 bridgehead atoms. The molecule has 2 aliphatic rings. The molecule has 2 fully saturated rings. The third kappa shape index (κ3) is 5.70. The van der Waals surface area contributed by atoms with Gasteiger partial charge in [-0.05, 0) is 62.9 Å². The average Bonchev–Trinajstić information content (AvgIpc) is 3.32. The lowest BCUT2D eigenvalue weighted by molar-refractivity contribution is -0.0164. The smallest absolute Gasteiger partial charge is 0.251 e. The van der Waals surface area contributed by atoms with Crippen LogP contribution in [-0.2, 0) is 11.2 Å². The minimum Gasteiger partial charge on any atom is -0.381 e. The molecular weight excluding hydrogens is 366 g/mol. The van der Waals surface area contributed by atoms with E-state index in [1.165, 1.54) is 25.9 Å². The van der Waals surface area contributed by atoms with Crippen LogP contribution in [-0.4, -0.2) is 75.8 Å². The minimum absolute atomic E-state index is 0.0547. The van der Waals surface area contributed by atoms with Crippen molar-refractivity contribution in [1.29, 1.82) is 0 Å². The number of carbonyl (C=O) groups is 1. The molecule has 0 aromatic heterocycles. The van der Waals surface area contributed by atoms with Crippen molar-refractivity contribution in [3.63, 3.8) is 0 Å². The highest BCUT2D eigenvalue weighted by atomic mass is 16.5. The van der Waals surface area contributed by atoms with Crippen molar-refractivity contribution < 1.29 is 9.53 Å². The number of guanidine groups is 1. The van der Waals surface area contributed by atoms with Gasteiger partial charge in [-0.2, -0.15) is 0 Å². The summed E-state index contributed by atoms with van der Waals surface area (Å²) < 4.78 is 5.64. The van der Waals surface area contributed by atoms with E-state index in [0.717, 1.165) is 57.1 Å². The molecule has 1 aromatic rings. The predicted molar refractivity (Wildman–Crippen MR) is 116 cm³/mol. The van der Waals surface area contributed by atoms with E-state index in [9.17, 15) is 4.79 Å². The van der Waals surface area contributed by atoms with Crippen molar-refractivity contribution in [2.45, 2.75) is 37.6 Å². The summed E-state index contributed by atoms with van der Waals surface area (Å²) in [5.41, 5.74) is 2.00. The molecule has 29 heavy (non-hydrogen) atoms. The van der Waals surface area contributed by atoms with Crippen molar-refractivity contribution >= 4 is 11.9 Å². The molecule has 0 saturated carbocycles. The molecule has 0 spiro atoms. The summed E-state index contributed by atoms with van der Waals surface area (Å²) in [6, 6.07) is 7.76. The van der Waals surface area contributed by atoms with Crippen LogP contribution in [0.15, 0.2) is 29.3 Å². The zero-order valence-corrected chi connectivity index (χ0v) is 17.8. The number of aliphatic imine (C=N–C) groups is 1. The molecule has 0 unspecified atom stereocenters. The van der Waals surface area contributed by atoms with Gasteiger partial charge < -0.3 is 20.7 Å². The Hall–Kier alpha value is -2.12. The number of likely N-dealkylation sites (tertiary alicyclic amines) is 1. The van der Waals surface area contributed by atoms with E-state index in [1.54, 1.807) is 7.05 Å². The normalized spacial score (nSPS) is 19.7. The molecule has 3 N–H and O–H groups in total. The molecule has 2 aliphatic heterocycles. The second-order valence-corrected chi connectivity index (χ2v) is 7.91. The highest BCUT2D eigenvalue weighted by Gasteiger charge is 2.39. The highest BCUT2D eigenvalue weighted by molar-refractivity contribution is 5.94. The van der Waals surface area contributed by atoms with E-state index in [0.29, 0.717) is 5.56 Å². The van der Waals surface area contributed by atoms with Gasteiger partial charge in [0.15, 0.2) is 5.96 Å². The van der Waals surface area contributed by atoms with Crippen LogP contribution in [0, 0.1) is 0 Å². The van der Waals surface area contributed by atoms with E-state index in [-0.39, 0.29) is 11.4 Å². The fourth-order valence-electron chi connectivity index (χ4n) is 4.35. The average molecular weight is 402 g/mol. The van der Waals surface area contributed by atoms with Gasteiger partial charge in [-0.3, -0.25) is 14.7 Å². The van der Waals surface area contributed by atoms with E-state index < -0.39 is 0 Å². The lowest BCUT2D eigenvalue weighted by atomic mass is 9.88. The number of hydrogen-bond acceptors (Lipinski definition) is 4. The SMILES string of the molecule is CN=C(NCCc1cccc(C(=O)NC)c1)NCC1(N2CCCC2)CCOCC1. The van der Waals surface area contributed by atoms with E-state index in [1.807, 2.05) is 25.2 Å². The summed E-state index contributed by atoms with van der Waals surface area (Å²) in [6.45, 7) is 5.71. The predicted octanol–water partition coefficient (Wildman–Crippen LogP) is 1.40. The molecule has 2 saturated heterocycles. The first-order valence-corrected chi connectivity index (χ1v) is 10.8. The van der Waals surface area contributed by atoms with Gasteiger partial charge >= 0.3 is 0 Å². The maximum Gasteiger partial charge on any atom is 0.251 e. The van der Waals surface area contributed by atoms with Gasteiger partial charge in [-0.1, -0.05) is 12.1 Å². The van der Waals surface area contributed by atoms with Gasteiger partial charge in [0.2, 0.25) is 0 Å². The first-order chi connectivity index (χ1) is 14.2. The van der Waals surface area contributed by atoms with Crippen molar-refractivity contribution in [1.82, 2.24) is 20.9 Å². The summed E-state index contributed by atoms with van der Waals surface area (Å²) in [5.74, 6) is 0.776. The molecular formula is C22H35N5O2. The van der Waals surface area contributed by atoms with Crippen LogP contribution in [0.3, 0.4) is 0 Å². The van der Waals surface area contributed by atoms with E-state index >= 15 is 0 Å². The minimum atomic E-state index is -0.0547. The van der Waals surface area contributed by atoms with Crippen LogP contribution in [0.25, 0.3) is 0 Å². The molecule has 0 radical (unpaired) electrons. The molecule has 0 aliphatic carbocycles. The molecule has 1 aromatic carbocycles. The van der Waals surface area contributed by atoms with Crippen molar-refractivity contribution in [3.05, 3.63) is 35.4 Å². The zero-order valence-electron chi connectivity index (χ0n) is 17.8. The van der Waals surface area contributed by atoms with E-state index in [2.05, 4.69) is 31.9 Å². The summed E-state index contributed by atoms with van der Waals surface area (Å²) in [4.78, 5) is 18.9. The number of nitrogens with zero attached hydrogens (tertiary/aromatic N) is 2. The maximum atomic E-state index is 11.8. The second kappa shape index (κ2) is 10.6.